The first-order valence-corrected chi connectivity index (χ1v) is 6.77. The van der Waals surface area contributed by atoms with E-state index in [1.807, 2.05) is 23.3 Å². The predicted octanol–water partition coefficient (Wildman–Crippen LogP) is 0.919. The Morgan fingerprint density at radius 3 is 3.28 bits per heavy atom. The third-order valence-corrected chi connectivity index (χ3v) is 3.53. The molecule has 1 unspecified atom stereocenters. The second kappa shape index (κ2) is 6.01. The van der Waals surface area contributed by atoms with E-state index in [2.05, 4.69) is 11.8 Å². The molecule has 1 aliphatic rings. The van der Waals surface area contributed by atoms with Crippen molar-refractivity contribution in [3.63, 3.8) is 0 Å². The highest BCUT2D eigenvalue weighted by Crippen LogP contribution is 2.17. The van der Waals surface area contributed by atoms with Crippen LogP contribution in [0.1, 0.15) is 22.2 Å². The lowest BCUT2D eigenvalue weighted by molar-refractivity contribution is -0.0124. The summed E-state index contributed by atoms with van der Waals surface area (Å²) in [5.41, 5.74) is 6.02. The van der Waals surface area contributed by atoms with Crippen LogP contribution in [-0.4, -0.2) is 43.2 Å². The largest absolute Gasteiger partial charge is 0.375 e. The van der Waals surface area contributed by atoms with Gasteiger partial charge >= 0.3 is 0 Å². The van der Waals surface area contributed by atoms with Gasteiger partial charge in [-0.05, 0) is 13.0 Å². The minimum absolute atomic E-state index is 0.0576. The number of hydrogen-bond donors (Lipinski definition) is 1. The van der Waals surface area contributed by atoms with Crippen LogP contribution in [0.15, 0.2) is 11.4 Å². The molecule has 0 bridgehead atoms. The number of rotatable bonds is 1. The molecule has 96 valence electrons. The van der Waals surface area contributed by atoms with Gasteiger partial charge < -0.3 is 15.4 Å². The normalized spacial score (nSPS) is 19.2. The zero-order valence-corrected chi connectivity index (χ0v) is 11.1. The van der Waals surface area contributed by atoms with Crippen LogP contribution in [0.2, 0.25) is 0 Å². The average Bonchev–Trinajstić information content (AvgIpc) is 2.84. The molecule has 18 heavy (non-hydrogen) atoms. The first-order chi connectivity index (χ1) is 8.70. The Morgan fingerprint density at radius 1 is 1.72 bits per heavy atom. The van der Waals surface area contributed by atoms with Gasteiger partial charge in [0, 0.05) is 18.5 Å². The van der Waals surface area contributed by atoms with Crippen LogP contribution < -0.4 is 5.73 Å². The number of morpholine rings is 1. The van der Waals surface area contributed by atoms with Gasteiger partial charge in [-0.2, -0.15) is 0 Å². The molecule has 0 spiro atoms. The number of carbonyl (C=O) groups excluding carboxylic acids is 1. The van der Waals surface area contributed by atoms with E-state index in [0.29, 0.717) is 31.8 Å². The van der Waals surface area contributed by atoms with Crippen molar-refractivity contribution < 1.29 is 9.53 Å². The van der Waals surface area contributed by atoms with Crippen molar-refractivity contribution in [1.29, 1.82) is 0 Å². The van der Waals surface area contributed by atoms with Gasteiger partial charge in [-0.25, -0.2) is 0 Å². The van der Waals surface area contributed by atoms with Crippen LogP contribution in [0.5, 0.6) is 0 Å². The molecule has 1 aliphatic heterocycles. The molecule has 4 nitrogen and oxygen atoms in total. The van der Waals surface area contributed by atoms with Crippen molar-refractivity contribution in [3.05, 3.63) is 21.9 Å². The summed E-state index contributed by atoms with van der Waals surface area (Å²) in [4.78, 5) is 14.9. The Labute approximate surface area is 111 Å². The summed E-state index contributed by atoms with van der Waals surface area (Å²) in [6.45, 7) is 4.23. The molecular weight excluding hydrogens is 248 g/mol. The maximum atomic E-state index is 12.2. The van der Waals surface area contributed by atoms with Gasteiger partial charge in [-0.3, -0.25) is 4.79 Å². The molecule has 1 atom stereocenters. The summed E-state index contributed by atoms with van der Waals surface area (Å²) in [5.74, 6) is 5.78. The molecule has 0 aliphatic carbocycles. The molecule has 5 heteroatoms. The van der Waals surface area contributed by atoms with Crippen LogP contribution in [0.3, 0.4) is 0 Å². The highest BCUT2D eigenvalue weighted by atomic mass is 32.1. The second-order valence-corrected chi connectivity index (χ2v) is 5.05. The molecule has 2 rings (SSSR count). The maximum absolute atomic E-state index is 12.2. The van der Waals surface area contributed by atoms with Crippen molar-refractivity contribution in [2.24, 2.45) is 5.73 Å². The predicted molar refractivity (Wildman–Crippen MR) is 71.6 cm³/mol. The van der Waals surface area contributed by atoms with Gasteiger partial charge in [0.05, 0.1) is 29.7 Å². The highest BCUT2D eigenvalue weighted by Gasteiger charge is 2.22. The van der Waals surface area contributed by atoms with Crippen LogP contribution in [0.25, 0.3) is 0 Å². The zero-order valence-electron chi connectivity index (χ0n) is 10.3. The smallest absolute Gasteiger partial charge is 0.254 e. The van der Waals surface area contributed by atoms with E-state index < -0.39 is 0 Å². The van der Waals surface area contributed by atoms with Crippen molar-refractivity contribution >= 4 is 17.2 Å². The van der Waals surface area contributed by atoms with Gasteiger partial charge in [0.25, 0.3) is 5.91 Å². The molecule has 1 aromatic rings. The summed E-state index contributed by atoms with van der Waals surface area (Å²) >= 11 is 1.47. The number of thiophene rings is 1. The summed E-state index contributed by atoms with van der Waals surface area (Å²) < 4.78 is 5.42. The lowest BCUT2D eigenvalue weighted by Gasteiger charge is -2.30. The molecule has 0 radical (unpaired) electrons. The van der Waals surface area contributed by atoms with E-state index in [9.17, 15) is 4.79 Å². The van der Waals surface area contributed by atoms with E-state index in [1.54, 1.807) is 0 Å². The molecule has 1 fully saturated rings. The third-order valence-electron chi connectivity index (χ3n) is 2.69. The molecule has 1 saturated heterocycles. The molecule has 1 amide bonds. The molecule has 0 saturated carbocycles. The molecule has 2 N–H and O–H groups in total. The number of nitrogens with zero attached hydrogens (tertiary/aromatic N) is 1. The van der Waals surface area contributed by atoms with Gasteiger partial charge in [0.15, 0.2) is 0 Å². The standard InChI is InChI=1S/C13H16N2O2S/c1-10-8-15(5-6-17-10)13(16)11-7-12(18-9-11)3-2-4-14/h7,9-10H,4-6,8,14H2,1H3. The van der Waals surface area contributed by atoms with E-state index in [1.165, 1.54) is 11.3 Å². The average molecular weight is 264 g/mol. The van der Waals surface area contributed by atoms with Crippen LogP contribution >= 0.6 is 11.3 Å². The Hall–Kier alpha value is -1.35. The fourth-order valence-corrected chi connectivity index (χ4v) is 2.59. The summed E-state index contributed by atoms with van der Waals surface area (Å²) in [7, 11) is 0. The Bertz CT molecular complexity index is 487. The summed E-state index contributed by atoms with van der Waals surface area (Å²) in [6, 6.07) is 1.83. The Kier molecular flexibility index (Phi) is 4.37. The van der Waals surface area contributed by atoms with Crippen molar-refractivity contribution in [2.45, 2.75) is 13.0 Å². The van der Waals surface area contributed by atoms with E-state index in [0.717, 1.165) is 4.88 Å². The summed E-state index contributed by atoms with van der Waals surface area (Å²) in [6.07, 6.45) is 0.109. The lowest BCUT2D eigenvalue weighted by Crippen LogP contribution is -2.44. The molecule has 0 aromatic carbocycles. The number of ether oxygens (including phenoxy) is 1. The Morgan fingerprint density at radius 2 is 2.56 bits per heavy atom. The second-order valence-electron chi connectivity index (χ2n) is 4.14. The SMILES string of the molecule is CC1CN(C(=O)c2csc(C#CCN)c2)CCO1. The molecule has 1 aromatic heterocycles. The van der Waals surface area contributed by atoms with E-state index >= 15 is 0 Å². The van der Waals surface area contributed by atoms with E-state index in [-0.39, 0.29) is 12.0 Å². The molecule has 2 heterocycles. The van der Waals surface area contributed by atoms with Gasteiger partial charge in [0.2, 0.25) is 0 Å². The quantitative estimate of drug-likeness (QED) is 0.767. The number of nitrogens with two attached hydrogens (primary N) is 1. The number of carbonyl (C=O) groups is 1. The minimum atomic E-state index is 0.0576. The van der Waals surface area contributed by atoms with Gasteiger partial charge in [0.1, 0.15) is 0 Å². The minimum Gasteiger partial charge on any atom is -0.375 e. The zero-order chi connectivity index (χ0) is 13.0. The monoisotopic (exact) mass is 264 g/mol. The fraction of sp³-hybridized carbons (Fsp3) is 0.462. The summed E-state index contributed by atoms with van der Waals surface area (Å²) in [5, 5.41) is 1.85. The van der Waals surface area contributed by atoms with Crippen molar-refractivity contribution in [2.75, 3.05) is 26.2 Å². The highest BCUT2D eigenvalue weighted by molar-refractivity contribution is 7.10. The van der Waals surface area contributed by atoms with Crippen molar-refractivity contribution in [3.8, 4) is 11.8 Å². The van der Waals surface area contributed by atoms with Crippen molar-refractivity contribution in [1.82, 2.24) is 4.90 Å². The van der Waals surface area contributed by atoms with Crippen LogP contribution in [-0.2, 0) is 4.74 Å². The van der Waals surface area contributed by atoms with Crippen LogP contribution in [0.4, 0.5) is 0 Å². The first-order valence-electron chi connectivity index (χ1n) is 5.89. The topological polar surface area (TPSA) is 55.6 Å². The first kappa shape index (κ1) is 13.1. The van der Waals surface area contributed by atoms with Crippen LogP contribution in [0, 0.1) is 11.8 Å². The Balaban J connectivity index is 2.06. The fourth-order valence-electron chi connectivity index (χ4n) is 1.84. The molecular formula is C13H16N2O2S. The number of hydrogen-bond acceptors (Lipinski definition) is 4. The van der Waals surface area contributed by atoms with Gasteiger partial charge in [-0.15, -0.1) is 11.3 Å². The van der Waals surface area contributed by atoms with Gasteiger partial charge in [-0.1, -0.05) is 11.8 Å². The number of amides is 1. The van der Waals surface area contributed by atoms with E-state index in [4.69, 9.17) is 10.5 Å². The lowest BCUT2D eigenvalue weighted by atomic mass is 10.2. The maximum Gasteiger partial charge on any atom is 0.254 e. The third kappa shape index (κ3) is 3.10.